The Morgan fingerprint density at radius 3 is 2.55 bits per heavy atom. The van der Waals surface area contributed by atoms with Gasteiger partial charge in [-0.25, -0.2) is 8.42 Å². The predicted octanol–water partition coefficient (Wildman–Crippen LogP) is -0.113. The zero-order chi connectivity index (χ0) is 8.48. The molecule has 0 spiro atoms. The van der Waals surface area contributed by atoms with E-state index in [1.165, 1.54) is 0 Å². The second-order valence-corrected chi connectivity index (χ2v) is 5.59. The molecule has 0 radical (unpaired) electrons. The maximum Gasteiger partial charge on any atom is 0.251 e. The normalized spacial score (nSPS) is 29.5. The molecule has 1 saturated heterocycles. The average Bonchev–Trinajstić information content (AvgIpc) is 2.12. The Bertz CT molecular complexity index is 304. The molecule has 0 saturated carbocycles. The van der Waals surface area contributed by atoms with Crippen LogP contribution in [0.25, 0.3) is 0 Å². The Morgan fingerprint density at radius 1 is 1.55 bits per heavy atom. The van der Waals surface area contributed by atoms with Gasteiger partial charge in [-0.05, 0) is 6.42 Å². The highest BCUT2D eigenvalue weighted by Crippen LogP contribution is 2.11. The molecule has 0 amide bonds. The Balaban J connectivity index is 2.91. The lowest BCUT2D eigenvalue weighted by Gasteiger charge is -1.90. The van der Waals surface area contributed by atoms with Crippen molar-refractivity contribution in [3.05, 3.63) is 0 Å². The summed E-state index contributed by atoms with van der Waals surface area (Å²) in [5.74, 6) is 0.550. The molecule has 0 aliphatic carbocycles. The van der Waals surface area contributed by atoms with Gasteiger partial charge in [-0.3, -0.25) is 4.21 Å². The molecule has 6 heteroatoms. The third kappa shape index (κ3) is 2.70. The SMILES string of the molecule is CS(=O)(=O)N=C1CCCS1=O. The van der Waals surface area contributed by atoms with E-state index in [2.05, 4.69) is 4.40 Å². The minimum absolute atomic E-state index is 0.326. The Labute approximate surface area is 68.2 Å². The third-order valence-electron chi connectivity index (χ3n) is 1.25. The first-order valence-corrected chi connectivity index (χ1v) is 6.33. The summed E-state index contributed by atoms with van der Waals surface area (Å²) < 4.78 is 35.6. The Hall–Kier alpha value is -0.230. The molecular weight excluding hydrogens is 186 g/mol. The van der Waals surface area contributed by atoms with Crippen LogP contribution in [-0.4, -0.2) is 29.7 Å². The summed E-state index contributed by atoms with van der Waals surface area (Å²) >= 11 is 0. The summed E-state index contributed by atoms with van der Waals surface area (Å²) in [6.07, 6.45) is 2.34. The number of rotatable bonds is 1. The summed E-state index contributed by atoms with van der Waals surface area (Å²) in [5.41, 5.74) is 0. The highest BCUT2D eigenvalue weighted by atomic mass is 32.2. The molecule has 64 valence electrons. The molecule has 11 heavy (non-hydrogen) atoms. The Morgan fingerprint density at radius 2 is 2.18 bits per heavy atom. The van der Waals surface area contributed by atoms with E-state index in [4.69, 9.17) is 0 Å². The van der Waals surface area contributed by atoms with Crippen LogP contribution in [-0.2, 0) is 20.8 Å². The van der Waals surface area contributed by atoms with E-state index >= 15 is 0 Å². The second kappa shape index (κ2) is 3.02. The maximum atomic E-state index is 11.0. The number of nitrogens with zero attached hydrogens (tertiary/aromatic N) is 1. The molecular formula is C5H9NO3S2. The topological polar surface area (TPSA) is 63.6 Å². The first-order chi connectivity index (χ1) is 4.99. The lowest BCUT2D eigenvalue weighted by Crippen LogP contribution is -2.03. The van der Waals surface area contributed by atoms with Crippen molar-refractivity contribution < 1.29 is 12.6 Å². The molecule has 0 N–H and O–H groups in total. The first kappa shape index (κ1) is 8.86. The van der Waals surface area contributed by atoms with Gasteiger partial charge in [0.05, 0.1) is 17.1 Å². The van der Waals surface area contributed by atoms with E-state index in [-0.39, 0.29) is 0 Å². The molecule has 1 heterocycles. The van der Waals surface area contributed by atoms with E-state index in [9.17, 15) is 12.6 Å². The summed E-state index contributed by atoms with van der Waals surface area (Å²) in [7, 11) is -4.48. The zero-order valence-corrected chi connectivity index (χ0v) is 7.74. The minimum Gasteiger partial charge on any atom is -0.253 e. The zero-order valence-electron chi connectivity index (χ0n) is 6.11. The molecule has 0 aromatic heterocycles. The van der Waals surface area contributed by atoms with E-state index in [1.54, 1.807) is 0 Å². The molecule has 1 fully saturated rings. The highest BCUT2D eigenvalue weighted by Gasteiger charge is 2.18. The van der Waals surface area contributed by atoms with Gasteiger partial charge in [0, 0.05) is 12.2 Å². The molecule has 0 aromatic rings. The molecule has 0 aromatic carbocycles. The third-order valence-corrected chi connectivity index (χ3v) is 3.40. The summed E-state index contributed by atoms with van der Waals surface area (Å²) in [6, 6.07) is 0. The number of hydrogen-bond donors (Lipinski definition) is 0. The lowest BCUT2D eigenvalue weighted by molar-refractivity contribution is 0.603. The van der Waals surface area contributed by atoms with Crippen molar-refractivity contribution in [3.63, 3.8) is 0 Å². The van der Waals surface area contributed by atoms with Crippen molar-refractivity contribution in [3.8, 4) is 0 Å². The van der Waals surface area contributed by atoms with Gasteiger partial charge in [-0.15, -0.1) is 0 Å². The highest BCUT2D eigenvalue weighted by molar-refractivity contribution is 8.02. The van der Waals surface area contributed by atoms with Gasteiger partial charge in [0.25, 0.3) is 10.0 Å². The monoisotopic (exact) mass is 195 g/mol. The summed E-state index contributed by atoms with van der Waals surface area (Å²) in [6.45, 7) is 0. The molecule has 1 aliphatic rings. The van der Waals surface area contributed by atoms with Gasteiger partial charge in [0.2, 0.25) is 0 Å². The fraction of sp³-hybridized carbons (Fsp3) is 0.800. The van der Waals surface area contributed by atoms with Gasteiger partial charge >= 0.3 is 0 Å². The van der Waals surface area contributed by atoms with Crippen LogP contribution in [0.15, 0.2) is 4.40 Å². The second-order valence-electron chi connectivity index (χ2n) is 2.37. The van der Waals surface area contributed by atoms with Crippen LogP contribution >= 0.6 is 0 Å². The van der Waals surface area contributed by atoms with E-state index in [0.717, 1.165) is 12.7 Å². The predicted molar refractivity (Wildman–Crippen MR) is 44.5 cm³/mol. The average molecular weight is 195 g/mol. The minimum atomic E-state index is -3.35. The van der Waals surface area contributed by atoms with Gasteiger partial charge in [-0.1, -0.05) is 0 Å². The standard InChI is InChI=1S/C5H9NO3S2/c1-11(8,9)6-5-3-2-4-10(5)7/h2-4H2,1H3. The van der Waals surface area contributed by atoms with Crippen LogP contribution < -0.4 is 0 Å². The summed E-state index contributed by atoms with van der Waals surface area (Å²) in [5, 5.41) is 0.326. The number of sulfonamides is 1. The lowest BCUT2D eigenvalue weighted by atomic mass is 10.4. The largest absolute Gasteiger partial charge is 0.253 e. The van der Waals surface area contributed by atoms with Gasteiger partial charge < -0.3 is 0 Å². The molecule has 0 bridgehead atoms. The van der Waals surface area contributed by atoms with Crippen LogP contribution in [0.5, 0.6) is 0 Å². The van der Waals surface area contributed by atoms with Crippen molar-refractivity contribution in [2.75, 3.05) is 12.0 Å². The summed E-state index contributed by atoms with van der Waals surface area (Å²) in [4.78, 5) is 0. The molecule has 1 rings (SSSR count). The van der Waals surface area contributed by atoms with Crippen LogP contribution in [0.2, 0.25) is 0 Å². The number of hydrogen-bond acceptors (Lipinski definition) is 3. The van der Waals surface area contributed by atoms with Gasteiger partial charge in [0.1, 0.15) is 5.04 Å². The van der Waals surface area contributed by atoms with Crippen molar-refractivity contribution in [1.82, 2.24) is 0 Å². The van der Waals surface area contributed by atoms with Crippen LogP contribution in [0, 0.1) is 0 Å². The maximum absolute atomic E-state index is 11.0. The molecule has 4 nitrogen and oxygen atoms in total. The first-order valence-electron chi connectivity index (χ1n) is 3.16. The fourth-order valence-electron chi connectivity index (χ4n) is 0.858. The van der Waals surface area contributed by atoms with Crippen molar-refractivity contribution in [1.29, 1.82) is 0 Å². The van der Waals surface area contributed by atoms with Crippen molar-refractivity contribution >= 4 is 25.9 Å². The molecule has 1 aliphatic heterocycles. The fourth-order valence-corrected chi connectivity index (χ4v) is 3.07. The molecule has 1 atom stereocenters. The van der Waals surface area contributed by atoms with E-state index in [1.807, 2.05) is 0 Å². The Kier molecular flexibility index (Phi) is 2.43. The van der Waals surface area contributed by atoms with Crippen LogP contribution in [0.4, 0.5) is 0 Å². The van der Waals surface area contributed by atoms with E-state index < -0.39 is 20.8 Å². The van der Waals surface area contributed by atoms with Crippen molar-refractivity contribution in [2.45, 2.75) is 12.8 Å². The van der Waals surface area contributed by atoms with Gasteiger partial charge in [0.15, 0.2) is 0 Å². The van der Waals surface area contributed by atoms with Gasteiger partial charge in [-0.2, -0.15) is 4.40 Å². The van der Waals surface area contributed by atoms with Crippen molar-refractivity contribution in [2.24, 2.45) is 4.40 Å². The van der Waals surface area contributed by atoms with E-state index in [0.29, 0.717) is 17.2 Å². The quantitative estimate of drug-likeness (QED) is 0.586. The van der Waals surface area contributed by atoms with Crippen LogP contribution in [0.1, 0.15) is 12.8 Å². The smallest absolute Gasteiger partial charge is 0.251 e. The van der Waals surface area contributed by atoms with Crippen LogP contribution in [0.3, 0.4) is 0 Å². The molecule has 1 unspecified atom stereocenters.